The van der Waals surface area contributed by atoms with Crippen LogP contribution in [-0.4, -0.2) is 45.7 Å². The van der Waals surface area contributed by atoms with E-state index in [-0.39, 0.29) is 24.1 Å². The summed E-state index contributed by atoms with van der Waals surface area (Å²) in [6, 6.07) is 6.01. The smallest absolute Gasteiger partial charge is 0.396 e. The van der Waals surface area contributed by atoms with Crippen molar-refractivity contribution >= 4 is 17.3 Å². The molecule has 33 heavy (non-hydrogen) atoms. The molecule has 0 radical (unpaired) electrons. The molecule has 2 N–H and O–H groups in total. The Bertz CT molecular complexity index is 1140. The minimum Gasteiger partial charge on any atom is -0.396 e. The summed E-state index contributed by atoms with van der Waals surface area (Å²) in [5.74, 6) is -0.641. The number of aryl methyl sites for hydroxylation is 1. The van der Waals surface area contributed by atoms with Gasteiger partial charge in [-0.25, -0.2) is 9.97 Å². The standard InChI is InChI=1S/C23H22F3N5O2/c1-14-2-3-15(22(33)30-18-5-17(6-27-7-18)23(24,25)26)4-20(14)21-11-31(10-16(21)12-32)19-8-28-13-29-9-19/h2-9,13,16,21,32H,10-12H2,1H3,(H,30,33). The number of anilines is 2. The number of benzene rings is 1. The molecule has 1 aromatic carbocycles. The number of aromatic nitrogens is 3. The Labute approximate surface area is 188 Å². The van der Waals surface area contributed by atoms with Gasteiger partial charge < -0.3 is 15.3 Å². The van der Waals surface area contributed by atoms with Crippen molar-refractivity contribution in [2.45, 2.75) is 19.0 Å². The van der Waals surface area contributed by atoms with Gasteiger partial charge in [0, 0.05) is 43.3 Å². The molecular weight excluding hydrogens is 435 g/mol. The number of hydrogen-bond donors (Lipinski definition) is 2. The first kappa shape index (κ1) is 22.7. The largest absolute Gasteiger partial charge is 0.417 e. The first-order chi connectivity index (χ1) is 15.8. The maximum atomic E-state index is 12.9. The average molecular weight is 457 g/mol. The normalized spacial score (nSPS) is 18.4. The van der Waals surface area contributed by atoms with Crippen LogP contribution in [0.1, 0.15) is 33.0 Å². The molecule has 10 heteroatoms. The number of hydrogen-bond acceptors (Lipinski definition) is 6. The van der Waals surface area contributed by atoms with Crippen LogP contribution in [0.25, 0.3) is 0 Å². The van der Waals surface area contributed by atoms with Crippen molar-refractivity contribution < 1.29 is 23.1 Å². The number of amides is 1. The number of halogens is 3. The molecule has 172 valence electrons. The highest BCUT2D eigenvalue weighted by Gasteiger charge is 2.35. The lowest BCUT2D eigenvalue weighted by molar-refractivity contribution is -0.137. The Balaban J connectivity index is 1.57. The van der Waals surface area contributed by atoms with Gasteiger partial charge in [0.15, 0.2) is 0 Å². The van der Waals surface area contributed by atoms with E-state index < -0.39 is 17.6 Å². The fourth-order valence-corrected chi connectivity index (χ4v) is 4.12. The fraction of sp³-hybridized carbons (Fsp3) is 0.304. The Hall–Kier alpha value is -3.53. The van der Waals surface area contributed by atoms with Crippen molar-refractivity contribution in [2.75, 3.05) is 29.9 Å². The number of pyridine rings is 1. The molecule has 3 aromatic rings. The molecule has 0 bridgehead atoms. The third-order valence-corrected chi connectivity index (χ3v) is 5.85. The molecule has 1 aliphatic rings. The molecule has 3 heterocycles. The third-order valence-electron chi connectivity index (χ3n) is 5.85. The van der Waals surface area contributed by atoms with Crippen LogP contribution in [0, 0.1) is 12.8 Å². The number of aliphatic hydroxyl groups is 1. The molecule has 1 fully saturated rings. The Morgan fingerprint density at radius 1 is 1.12 bits per heavy atom. The lowest BCUT2D eigenvalue weighted by atomic mass is 9.86. The van der Waals surface area contributed by atoms with E-state index in [1.54, 1.807) is 30.6 Å². The third kappa shape index (κ3) is 4.95. The molecule has 4 rings (SSSR count). The average Bonchev–Trinajstić information content (AvgIpc) is 3.24. The molecule has 0 spiro atoms. The molecule has 2 aromatic heterocycles. The molecule has 0 saturated carbocycles. The van der Waals surface area contributed by atoms with Gasteiger partial charge in [0.05, 0.1) is 35.5 Å². The van der Waals surface area contributed by atoms with E-state index in [0.717, 1.165) is 22.9 Å². The second kappa shape index (κ2) is 9.14. The molecule has 1 amide bonds. The van der Waals surface area contributed by atoms with Crippen LogP contribution < -0.4 is 10.2 Å². The number of aliphatic hydroxyl groups excluding tert-OH is 1. The first-order valence-corrected chi connectivity index (χ1v) is 10.3. The van der Waals surface area contributed by atoms with Crippen LogP contribution in [0.2, 0.25) is 0 Å². The van der Waals surface area contributed by atoms with Gasteiger partial charge in [-0.3, -0.25) is 9.78 Å². The summed E-state index contributed by atoms with van der Waals surface area (Å²) in [6.07, 6.45) is 2.20. The Kier molecular flexibility index (Phi) is 6.28. The zero-order valence-corrected chi connectivity index (χ0v) is 17.8. The van der Waals surface area contributed by atoms with Crippen molar-refractivity contribution in [3.8, 4) is 0 Å². The summed E-state index contributed by atoms with van der Waals surface area (Å²) in [7, 11) is 0. The van der Waals surface area contributed by atoms with E-state index >= 15 is 0 Å². The highest BCUT2D eigenvalue weighted by molar-refractivity contribution is 6.04. The van der Waals surface area contributed by atoms with Crippen molar-refractivity contribution in [1.29, 1.82) is 0 Å². The van der Waals surface area contributed by atoms with Crippen molar-refractivity contribution in [2.24, 2.45) is 5.92 Å². The predicted octanol–water partition coefficient (Wildman–Crippen LogP) is 3.66. The van der Waals surface area contributed by atoms with Crippen molar-refractivity contribution in [1.82, 2.24) is 15.0 Å². The van der Waals surface area contributed by atoms with E-state index in [2.05, 4.69) is 25.2 Å². The van der Waals surface area contributed by atoms with Gasteiger partial charge in [0.25, 0.3) is 5.91 Å². The van der Waals surface area contributed by atoms with Gasteiger partial charge in [0.1, 0.15) is 6.33 Å². The van der Waals surface area contributed by atoms with Gasteiger partial charge in [-0.05, 0) is 36.2 Å². The number of rotatable bonds is 5. The molecule has 1 saturated heterocycles. The number of nitrogens with zero attached hydrogens (tertiary/aromatic N) is 4. The fourth-order valence-electron chi connectivity index (χ4n) is 4.12. The zero-order chi connectivity index (χ0) is 23.6. The van der Waals surface area contributed by atoms with Crippen LogP contribution >= 0.6 is 0 Å². The SMILES string of the molecule is Cc1ccc(C(=O)Nc2cncc(C(F)(F)F)c2)cc1C1CN(c2cncnc2)CC1CO. The first-order valence-electron chi connectivity index (χ1n) is 10.3. The summed E-state index contributed by atoms with van der Waals surface area (Å²) in [5, 5.41) is 12.5. The predicted molar refractivity (Wildman–Crippen MR) is 116 cm³/mol. The number of alkyl halides is 3. The Morgan fingerprint density at radius 3 is 2.58 bits per heavy atom. The molecule has 0 aliphatic carbocycles. The minimum absolute atomic E-state index is 0.0272. The van der Waals surface area contributed by atoms with Gasteiger partial charge in [-0.15, -0.1) is 0 Å². The van der Waals surface area contributed by atoms with Crippen molar-refractivity contribution in [3.63, 3.8) is 0 Å². The minimum atomic E-state index is -4.55. The second-order valence-corrected chi connectivity index (χ2v) is 8.04. The summed E-state index contributed by atoms with van der Waals surface area (Å²) in [6.45, 7) is 3.12. The van der Waals surface area contributed by atoms with Crippen LogP contribution in [0.15, 0.2) is 55.4 Å². The summed E-state index contributed by atoms with van der Waals surface area (Å²) >= 11 is 0. The van der Waals surface area contributed by atoms with Crippen LogP contribution in [0.5, 0.6) is 0 Å². The number of carbonyl (C=O) groups is 1. The number of nitrogens with one attached hydrogen (secondary N) is 1. The lowest BCUT2D eigenvalue weighted by Crippen LogP contribution is -2.20. The second-order valence-electron chi connectivity index (χ2n) is 8.04. The van der Waals surface area contributed by atoms with Crippen LogP contribution in [0.4, 0.5) is 24.5 Å². The topological polar surface area (TPSA) is 91.2 Å². The van der Waals surface area contributed by atoms with Gasteiger partial charge in [-0.1, -0.05) is 6.07 Å². The van der Waals surface area contributed by atoms with Crippen LogP contribution in [0.3, 0.4) is 0 Å². The highest BCUT2D eigenvalue weighted by atomic mass is 19.4. The number of carbonyl (C=O) groups excluding carboxylic acids is 1. The zero-order valence-electron chi connectivity index (χ0n) is 17.8. The summed E-state index contributed by atoms with van der Waals surface area (Å²) in [4.78, 5) is 26.6. The van der Waals surface area contributed by atoms with E-state index in [4.69, 9.17) is 0 Å². The molecule has 7 nitrogen and oxygen atoms in total. The molecular formula is C23H22F3N5O2. The van der Waals surface area contributed by atoms with Crippen molar-refractivity contribution in [3.05, 3.63) is 77.6 Å². The van der Waals surface area contributed by atoms with Crippen LogP contribution in [-0.2, 0) is 6.18 Å². The monoisotopic (exact) mass is 457 g/mol. The maximum absolute atomic E-state index is 12.9. The summed E-state index contributed by atoms with van der Waals surface area (Å²) in [5.41, 5.74) is 2.05. The van der Waals surface area contributed by atoms with E-state index in [1.165, 1.54) is 12.5 Å². The van der Waals surface area contributed by atoms with Gasteiger partial charge >= 0.3 is 6.18 Å². The maximum Gasteiger partial charge on any atom is 0.417 e. The van der Waals surface area contributed by atoms with Gasteiger partial charge in [0.2, 0.25) is 0 Å². The summed E-state index contributed by atoms with van der Waals surface area (Å²) < 4.78 is 38.8. The van der Waals surface area contributed by atoms with E-state index in [1.807, 2.05) is 6.92 Å². The Morgan fingerprint density at radius 2 is 1.88 bits per heavy atom. The molecule has 2 unspecified atom stereocenters. The van der Waals surface area contributed by atoms with Gasteiger partial charge in [-0.2, -0.15) is 13.2 Å². The quantitative estimate of drug-likeness (QED) is 0.608. The molecule has 2 atom stereocenters. The highest BCUT2D eigenvalue weighted by Crippen LogP contribution is 2.37. The van der Waals surface area contributed by atoms with E-state index in [0.29, 0.717) is 24.8 Å². The molecule has 1 aliphatic heterocycles. The van der Waals surface area contributed by atoms with E-state index in [9.17, 15) is 23.1 Å². The lowest BCUT2D eigenvalue weighted by Gasteiger charge is -2.20.